The number of nitrogens with zero attached hydrogens (tertiary/aromatic N) is 1. The van der Waals surface area contributed by atoms with Gasteiger partial charge in [0.1, 0.15) is 0 Å². The molecule has 154 valence electrons. The smallest absolute Gasteiger partial charge is 0.262 e. The van der Waals surface area contributed by atoms with E-state index in [4.69, 9.17) is 0 Å². The van der Waals surface area contributed by atoms with Crippen molar-refractivity contribution in [3.8, 4) is 0 Å². The van der Waals surface area contributed by atoms with Gasteiger partial charge in [-0.3, -0.25) is 15.0 Å². The third-order valence-corrected chi connectivity index (χ3v) is 5.27. The summed E-state index contributed by atoms with van der Waals surface area (Å²) in [5.74, 6) is -2.34. The Labute approximate surface area is 172 Å². The van der Waals surface area contributed by atoms with Crippen LogP contribution in [0.25, 0.3) is 0 Å². The molecule has 2 fully saturated rings. The molecule has 3 rings (SSSR count). The second kappa shape index (κ2) is 10.6. The minimum Gasteiger partial charge on any atom is -0.351 e. The number of hydrogen-bond donors (Lipinski definition) is 2. The van der Waals surface area contributed by atoms with Crippen LogP contribution in [0.1, 0.15) is 37.3 Å². The Bertz CT molecular complexity index is 610. The lowest BCUT2D eigenvalue weighted by Crippen LogP contribution is -2.40. The molecule has 1 aromatic rings. The molecule has 1 amide bonds. The number of hydrogen-bond acceptors (Lipinski definition) is 3. The number of amides is 1. The minimum atomic E-state index is -2.79. The van der Waals surface area contributed by atoms with E-state index in [2.05, 4.69) is 28.5 Å². The van der Waals surface area contributed by atoms with Gasteiger partial charge < -0.3 is 5.32 Å². The van der Waals surface area contributed by atoms with Crippen molar-refractivity contribution in [3.05, 3.63) is 35.4 Å². The Morgan fingerprint density at radius 2 is 1.85 bits per heavy atom. The second-order valence-corrected chi connectivity index (χ2v) is 7.44. The lowest BCUT2D eigenvalue weighted by molar-refractivity contribution is -0.123. The van der Waals surface area contributed by atoms with E-state index in [1.54, 1.807) is 0 Å². The largest absolute Gasteiger partial charge is 0.351 e. The molecule has 0 spiro atoms. The van der Waals surface area contributed by atoms with E-state index in [1.807, 2.05) is 18.2 Å². The van der Waals surface area contributed by atoms with Crippen LogP contribution in [-0.2, 0) is 17.9 Å². The van der Waals surface area contributed by atoms with Gasteiger partial charge in [0.05, 0.1) is 12.6 Å². The molecule has 2 N–H and O–H groups in total. The molecule has 2 aliphatic rings. The highest BCUT2D eigenvalue weighted by Gasteiger charge is 2.42. The van der Waals surface area contributed by atoms with Crippen LogP contribution >= 0.6 is 24.8 Å². The maximum absolute atomic E-state index is 13.2. The van der Waals surface area contributed by atoms with E-state index in [0.717, 1.165) is 31.1 Å². The lowest BCUT2D eigenvalue weighted by atomic mass is 9.98. The number of alkyl halides is 2. The molecule has 4 nitrogen and oxygen atoms in total. The van der Waals surface area contributed by atoms with Crippen molar-refractivity contribution in [2.24, 2.45) is 5.92 Å². The molecular formula is C19H29Cl2F2N3O. The molecule has 1 atom stereocenters. The van der Waals surface area contributed by atoms with Gasteiger partial charge in [-0.2, -0.15) is 0 Å². The Balaban J connectivity index is 0.00000182. The van der Waals surface area contributed by atoms with Crippen molar-refractivity contribution in [3.63, 3.8) is 0 Å². The number of halogens is 4. The highest BCUT2D eigenvalue weighted by Crippen LogP contribution is 2.25. The Morgan fingerprint density at radius 3 is 2.44 bits per heavy atom. The summed E-state index contributed by atoms with van der Waals surface area (Å²) in [6.07, 6.45) is 2.02. The number of benzene rings is 1. The molecule has 2 saturated heterocycles. The average molecular weight is 424 g/mol. The number of piperidine rings is 1. The zero-order valence-electron chi connectivity index (χ0n) is 15.5. The summed E-state index contributed by atoms with van der Waals surface area (Å²) in [6.45, 7) is 5.32. The van der Waals surface area contributed by atoms with Crippen LogP contribution in [0, 0.1) is 5.92 Å². The van der Waals surface area contributed by atoms with Gasteiger partial charge >= 0.3 is 0 Å². The maximum Gasteiger partial charge on any atom is 0.262 e. The molecule has 0 radical (unpaired) electrons. The molecule has 8 heteroatoms. The Hall–Kier alpha value is -0.950. The summed E-state index contributed by atoms with van der Waals surface area (Å²) >= 11 is 0. The van der Waals surface area contributed by atoms with E-state index in [1.165, 1.54) is 18.4 Å². The predicted molar refractivity (Wildman–Crippen MR) is 108 cm³/mol. The summed E-state index contributed by atoms with van der Waals surface area (Å²) in [6, 6.07) is 7.24. The van der Waals surface area contributed by atoms with Crippen molar-refractivity contribution in [1.29, 1.82) is 0 Å². The normalized spacial score (nSPS) is 22.6. The Morgan fingerprint density at radius 1 is 1.22 bits per heavy atom. The van der Waals surface area contributed by atoms with Crippen molar-refractivity contribution < 1.29 is 13.6 Å². The number of rotatable bonds is 5. The maximum atomic E-state index is 13.2. The monoisotopic (exact) mass is 423 g/mol. The highest BCUT2D eigenvalue weighted by atomic mass is 35.5. The van der Waals surface area contributed by atoms with Crippen LogP contribution in [0.4, 0.5) is 8.78 Å². The first-order valence-corrected chi connectivity index (χ1v) is 9.11. The minimum absolute atomic E-state index is 0. The zero-order chi connectivity index (χ0) is 17.9. The fourth-order valence-electron chi connectivity index (χ4n) is 3.55. The summed E-state index contributed by atoms with van der Waals surface area (Å²) in [5, 5.41) is 5.41. The van der Waals surface area contributed by atoms with Crippen LogP contribution in [0.3, 0.4) is 0 Å². The first kappa shape index (κ1) is 24.1. The summed E-state index contributed by atoms with van der Waals surface area (Å²) in [4.78, 5) is 14.6. The van der Waals surface area contributed by atoms with Gasteiger partial charge in [0.25, 0.3) is 5.92 Å². The summed E-state index contributed by atoms with van der Waals surface area (Å²) in [7, 11) is 0. The van der Waals surface area contributed by atoms with Crippen LogP contribution in [0.15, 0.2) is 24.3 Å². The molecule has 2 aliphatic heterocycles. The second-order valence-electron chi connectivity index (χ2n) is 7.44. The number of nitrogens with one attached hydrogen (secondary N) is 2. The third-order valence-electron chi connectivity index (χ3n) is 5.27. The van der Waals surface area contributed by atoms with E-state index in [0.29, 0.717) is 6.54 Å². The van der Waals surface area contributed by atoms with Crippen molar-refractivity contribution in [2.45, 2.75) is 51.2 Å². The standard InChI is InChI=1S/C19H27F2N3O.2ClH/c1-14-6-8-24(9-7-14)12-16-5-3-2-4-15(16)11-22-18(25)17-10-19(20,21)13-23-17;;/h2-5,14,17,23H,6-13H2,1H3,(H,22,25);2*1H. The fraction of sp³-hybridized carbons (Fsp3) is 0.632. The molecule has 1 aromatic carbocycles. The number of carbonyl (C=O) groups is 1. The van der Waals surface area contributed by atoms with E-state index in [9.17, 15) is 13.6 Å². The van der Waals surface area contributed by atoms with Crippen molar-refractivity contribution >= 4 is 30.7 Å². The fourth-order valence-corrected chi connectivity index (χ4v) is 3.55. The van der Waals surface area contributed by atoms with E-state index >= 15 is 0 Å². The van der Waals surface area contributed by atoms with Gasteiger partial charge in [0.2, 0.25) is 5.91 Å². The van der Waals surface area contributed by atoms with Crippen molar-refractivity contribution in [2.75, 3.05) is 19.6 Å². The van der Waals surface area contributed by atoms with Gasteiger partial charge in [0, 0.05) is 19.5 Å². The summed E-state index contributed by atoms with van der Waals surface area (Å²) in [5.41, 5.74) is 2.25. The van der Waals surface area contributed by atoms with Crippen LogP contribution in [-0.4, -0.2) is 42.4 Å². The Kier molecular flexibility index (Phi) is 9.42. The quantitative estimate of drug-likeness (QED) is 0.762. The van der Waals surface area contributed by atoms with Gasteiger partial charge in [-0.25, -0.2) is 8.78 Å². The molecule has 0 saturated carbocycles. The van der Waals surface area contributed by atoms with Gasteiger partial charge in [-0.1, -0.05) is 31.2 Å². The zero-order valence-corrected chi connectivity index (χ0v) is 17.2. The van der Waals surface area contributed by atoms with E-state index in [-0.39, 0.29) is 30.7 Å². The highest BCUT2D eigenvalue weighted by molar-refractivity contribution is 5.85. The molecular weight excluding hydrogens is 395 g/mol. The summed E-state index contributed by atoms with van der Waals surface area (Å²) < 4.78 is 26.4. The van der Waals surface area contributed by atoms with Crippen LogP contribution in [0.2, 0.25) is 0 Å². The first-order valence-electron chi connectivity index (χ1n) is 9.11. The molecule has 2 heterocycles. The van der Waals surface area contributed by atoms with Crippen molar-refractivity contribution in [1.82, 2.24) is 15.5 Å². The molecule has 0 aliphatic carbocycles. The number of carbonyl (C=O) groups excluding carboxylic acids is 1. The molecule has 0 bridgehead atoms. The first-order chi connectivity index (χ1) is 11.9. The van der Waals surface area contributed by atoms with Gasteiger partial charge in [0.15, 0.2) is 0 Å². The van der Waals surface area contributed by atoms with Gasteiger partial charge in [-0.15, -0.1) is 24.8 Å². The molecule has 1 unspecified atom stereocenters. The predicted octanol–water partition coefficient (Wildman–Crippen LogP) is 3.38. The van der Waals surface area contributed by atoms with E-state index < -0.39 is 24.9 Å². The average Bonchev–Trinajstić information content (AvgIpc) is 2.96. The third kappa shape index (κ3) is 6.86. The SMILES string of the molecule is CC1CCN(Cc2ccccc2CNC(=O)C2CC(F)(F)CN2)CC1.Cl.Cl. The lowest BCUT2D eigenvalue weighted by Gasteiger charge is -2.30. The van der Waals surface area contributed by atoms with Crippen LogP contribution < -0.4 is 10.6 Å². The van der Waals surface area contributed by atoms with Gasteiger partial charge in [-0.05, 0) is 43.0 Å². The molecule has 27 heavy (non-hydrogen) atoms. The topological polar surface area (TPSA) is 44.4 Å². The molecule has 0 aromatic heterocycles. The number of likely N-dealkylation sites (tertiary alicyclic amines) is 1. The van der Waals surface area contributed by atoms with Crippen LogP contribution in [0.5, 0.6) is 0 Å².